The third-order valence-corrected chi connectivity index (χ3v) is 6.66. The van der Waals surface area contributed by atoms with Crippen LogP contribution in [0.2, 0.25) is 0 Å². The van der Waals surface area contributed by atoms with Crippen molar-refractivity contribution in [2.45, 2.75) is 13.2 Å². The van der Waals surface area contributed by atoms with Crippen LogP contribution in [0.1, 0.15) is 11.1 Å². The highest BCUT2D eigenvalue weighted by Crippen LogP contribution is 2.24. The van der Waals surface area contributed by atoms with Crippen molar-refractivity contribution in [1.29, 1.82) is 0 Å². The number of hydrogen-bond acceptors (Lipinski definition) is 5. The van der Waals surface area contributed by atoms with Crippen molar-refractivity contribution in [3.8, 4) is 11.5 Å². The van der Waals surface area contributed by atoms with Crippen LogP contribution in [0.4, 0.5) is 15.8 Å². The summed E-state index contributed by atoms with van der Waals surface area (Å²) in [6.45, 7) is 0.280. The minimum Gasteiger partial charge on any atom is -0.489 e. The molecule has 0 radical (unpaired) electrons. The standard InChI is InChI=1S/C29H27FN2O5S/c1-38(34,35)32(19-22-7-9-24(30)10-8-22)26-13-17-28(18-14-26)37-21-29(33)31-25-11-15-27(16-12-25)36-20-23-5-3-2-4-6-23/h2-18H,19-21H2,1H3,(H,31,33). The van der Waals surface area contributed by atoms with E-state index in [4.69, 9.17) is 9.47 Å². The number of carbonyl (C=O) groups is 1. The summed E-state index contributed by atoms with van der Waals surface area (Å²) in [5, 5.41) is 2.76. The van der Waals surface area contributed by atoms with Crippen LogP contribution in [0.5, 0.6) is 11.5 Å². The lowest BCUT2D eigenvalue weighted by Gasteiger charge is -2.22. The zero-order valence-electron chi connectivity index (χ0n) is 20.7. The predicted molar refractivity (Wildman–Crippen MR) is 145 cm³/mol. The largest absolute Gasteiger partial charge is 0.489 e. The number of sulfonamides is 1. The molecule has 4 aromatic rings. The third-order valence-electron chi connectivity index (χ3n) is 5.52. The Hall–Kier alpha value is -4.37. The monoisotopic (exact) mass is 534 g/mol. The molecule has 0 aliphatic heterocycles. The Labute approximate surface area is 221 Å². The number of amides is 1. The first-order chi connectivity index (χ1) is 18.3. The number of ether oxygens (including phenoxy) is 2. The van der Waals surface area contributed by atoms with Gasteiger partial charge in [0, 0.05) is 5.69 Å². The van der Waals surface area contributed by atoms with E-state index in [0.29, 0.717) is 35.0 Å². The highest BCUT2D eigenvalue weighted by atomic mass is 32.2. The zero-order valence-corrected chi connectivity index (χ0v) is 21.5. The predicted octanol–water partition coefficient (Wildman–Crippen LogP) is 5.39. The van der Waals surface area contributed by atoms with E-state index in [9.17, 15) is 17.6 Å². The van der Waals surface area contributed by atoms with E-state index in [-0.39, 0.29) is 19.1 Å². The van der Waals surface area contributed by atoms with Crippen molar-refractivity contribution in [3.63, 3.8) is 0 Å². The lowest BCUT2D eigenvalue weighted by molar-refractivity contribution is -0.118. The van der Waals surface area contributed by atoms with E-state index in [0.717, 1.165) is 11.8 Å². The van der Waals surface area contributed by atoms with Gasteiger partial charge < -0.3 is 14.8 Å². The molecule has 0 aliphatic rings. The van der Waals surface area contributed by atoms with E-state index in [1.807, 2.05) is 30.3 Å². The fourth-order valence-electron chi connectivity index (χ4n) is 3.59. The Bertz CT molecular complexity index is 1440. The van der Waals surface area contributed by atoms with Gasteiger partial charge in [0.15, 0.2) is 6.61 Å². The van der Waals surface area contributed by atoms with Crippen LogP contribution < -0.4 is 19.1 Å². The van der Waals surface area contributed by atoms with Gasteiger partial charge in [-0.3, -0.25) is 9.10 Å². The number of rotatable bonds is 11. The molecular formula is C29H27FN2O5S. The minimum absolute atomic E-state index is 0.0534. The molecule has 0 fully saturated rings. The van der Waals surface area contributed by atoms with E-state index < -0.39 is 15.8 Å². The number of halogens is 1. The van der Waals surface area contributed by atoms with Crippen molar-refractivity contribution in [2.24, 2.45) is 0 Å². The summed E-state index contributed by atoms with van der Waals surface area (Å²) in [5.41, 5.74) is 2.73. The summed E-state index contributed by atoms with van der Waals surface area (Å²) in [7, 11) is -3.59. The molecule has 1 amide bonds. The molecule has 0 bridgehead atoms. The first-order valence-corrected chi connectivity index (χ1v) is 13.6. The number of anilines is 2. The molecule has 0 atom stereocenters. The summed E-state index contributed by atoms with van der Waals surface area (Å²) >= 11 is 0. The van der Waals surface area contributed by atoms with Crippen LogP contribution in [-0.2, 0) is 28.0 Å². The molecule has 0 spiro atoms. The van der Waals surface area contributed by atoms with Gasteiger partial charge in [0.25, 0.3) is 5.91 Å². The van der Waals surface area contributed by atoms with Crippen molar-refractivity contribution in [3.05, 3.63) is 120 Å². The van der Waals surface area contributed by atoms with E-state index in [1.54, 1.807) is 48.5 Å². The normalized spacial score (nSPS) is 11.0. The zero-order chi connectivity index (χ0) is 27.0. The Morgan fingerprint density at radius 3 is 2.03 bits per heavy atom. The van der Waals surface area contributed by atoms with Gasteiger partial charge in [-0.05, 0) is 71.8 Å². The highest BCUT2D eigenvalue weighted by Gasteiger charge is 2.18. The van der Waals surface area contributed by atoms with Gasteiger partial charge in [-0.2, -0.15) is 0 Å². The molecule has 1 N–H and O–H groups in total. The molecule has 0 unspecified atom stereocenters. The summed E-state index contributed by atoms with van der Waals surface area (Å²) in [6, 6.07) is 28.9. The quantitative estimate of drug-likeness (QED) is 0.279. The van der Waals surface area contributed by atoms with Crippen LogP contribution in [-0.4, -0.2) is 27.2 Å². The van der Waals surface area contributed by atoms with Gasteiger partial charge in [0.05, 0.1) is 18.5 Å². The van der Waals surface area contributed by atoms with Gasteiger partial charge in [-0.15, -0.1) is 0 Å². The van der Waals surface area contributed by atoms with Gasteiger partial charge in [0.1, 0.15) is 23.9 Å². The molecule has 38 heavy (non-hydrogen) atoms. The smallest absolute Gasteiger partial charge is 0.262 e. The number of nitrogens with one attached hydrogen (secondary N) is 1. The Kier molecular flexibility index (Phi) is 8.60. The second-order valence-electron chi connectivity index (χ2n) is 8.53. The van der Waals surface area contributed by atoms with E-state index >= 15 is 0 Å². The highest BCUT2D eigenvalue weighted by molar-refractivity contribution is 7.92. The Morgan fingerprint density at radius 1 is 0.789 bits per heavy atom. The van der Waals surface area contributed by atoms with E-state index in [1.165, 1.54) is 28.6 Å². The maximum atomic E-state index is 13.2. The molecule has 4 aromatic carbocycles. The average Bonchev–Trinajstić information content (AvgIpc) is 2.91. The average molecular weight is 535 g/mol. The molecule has 0 aliphatic carbocycles. The van der Waals surface area contributed by atoms with Gasteiger partial charge in [0.2, 0.25) is 10.0 Å². The summed E-state index contributed by atoms with van der Waals surface area (Å²) in [6.07, 6.45) is 1.10. The van der Waals surface area contributed by atoms with Gasteiger partial charge >= 0.3 is 0 Å². The van der Waals surface area contributed by atoms with Crippen molar-refractivity contribution >= 4 is 27.3 Å². The number of benzene rings is 4. The van der Waals surface area contributed by atoms with Gasteiger partial charge in [-0.25, -0.2) is 12.8 Å². The fourth-order valence-corrected chi connectivity index (χ4v) is 4.47. The summed E-state index contributed by atoms with van der Waals surface area (Å²) < 4.78 is 50.4. The van der Waals surface area contributed by atoms with Gasteiger partial charge in [-0.1, -0.05) is 42.5 Å². The molecule has 0 heterocycles. The molecule has 0 saturated carbocycles. The number of hydrogen-bond donors (Lipinski definition) is 1. The lowest BCUT2D eigenvalue weighted by Crippen LogP contribution is -2.29. The van der Waals surface area contributed by atoms with Crippen LogP contribution >= 0.6 is 0 Å². The third kappa shape index (κ3) is 7.81. The molecular weight excluding hydrogens is 507 g/mol. The van der Waals surface area contributed by atoms with Crippen LogP contribution in [0.3, 0.4) is 0 Å². The summed E-state index contributed by atoms with van der Waals surface area (Å²) in [4.78, 5) is 12.3. The van der Waals surface area contributed by atoms with Crippen molar-refractivity contribution in [1.82, 2.24) is 0 Å². The molecule has 196 valence electrons. The molecule has 0 aromatic heterocycles. The molecule has 9 heteroatoms. The number of nitrogens with zero attached hydrogens (tertiary/aromatic N) is 1. The minimum atomic E-state index is -3.59. The fraction of sp³-hybridized carbons (Fsp3) is 0.138. The second kappa shape index (κ2) is 12.2. The van der Waals surface area contributed by atoms with Crippen LogP contribution in [0, 0.1) is 5.82 Å². The maximum Gasteiger partial charge on any atom is 0.262 e. The summed E-state index contributed by atoms with van der Waals surface area (Å²) in [5.74, 6) is 0.353. The lowest BCUT2D eigenvalue weighted by atomic mass is 10.2. The topological polar surface area (TPSA) is 84.9 Å². The molecule has 7 nitrogen and oxygen atoms in total. The Balaban J connectivity index is 1.28. The number of carbonyl (C=O) groups excluding carboxylic acids is 1. The van der Waals surface area contributed by atoms with Crippen LogP contribution in [0.15, 0.2) is 103 Å². The second-order valence-corrected chi connectivity index (χ2v) is 10.4. The van der Waals surface area contributed by atoms with E-state index in [2.05, 4.69) is 5.32 Å². The first-order valence-electron chi connectivity index (χ1n) is 11.8. The van der Waals surface area contributed by atoms with Crippen molar-refractivity contribution in [2.75, 3.05) is 22.5 Å². The molecule has 4 rings (SSSR count). The SMILES string of the molecule is CS(=O)(=O)N(Cc1ccc(F)cc1)c1ccc(OCC(=O)Nc2ccc(OCc3ccccc3)cc2)cc1. The first kappa shape index (κ1) is 26.7. The van der Waals surface area contributed by atoms with Crippen LogP contribution in [0.25, 0.3) is 0 Å². The maximum absolute atomic E-state index is 13.2. The molecule has 0 saturated heterocycles. The Morgan fingerprint density at radius 2 is 1.39 bits per heavy atom. The van der Waals surface area contributed by atoms with Crippen molar-refractivity contribution < 1.29 is 27.1 Å².